The Kier molecular flexibility index (Phi) is 8.67. The van der Waals surface area contributed by atoms with Gasteiger partial charge in [0, 0.05) is 30.0 Å². The first-order valence-electron chi connectivity index (χ1n) is 14.6. The van der Waals surface area contributed by atoms with E-state index in [1.54, 1.807) is 20.3 Å². The number of carbonyl (C=O) groups excluding carboxylic acids is 1. The molecule has 1 amide bonds. The average Bonchev–Trinajstić information content (AvgIpc) is 2.97. The van der Waals surface area contributed by atoms with Crippen molar-refractivity contribution in [1.29, 1.82) is 0 Å². The Morgan fingerprint density at radius 3 is 2.50 bits per heavy atom. The quantitative estimate of drug-likeness (QED) is 0.280. The standard InChI is InChI=1S/C33H41NO6/c1-5-6-7-22-8-10-23(11-9-22)33(36)34-15-14-24-17-30(37-3)31(38-4)19-27(24)28(34)20-39-25-12-13-26-21(2)16-32(35)40-29(26)18-25/h12-13,16-19,22-23,28H,5-11,14-15,20H2,1-4H3. The van der Waals surface area contributed by atoms with Gasteiger partial charge < -0.3 is 23.5 Å². The minimum atomic E-state index is -0.384. The Balaban J connectivity index is 1.41. The summed E-state index contributed by atoms with van der Waals surface area (Å²) in [7, 11) is 3.27. The van der Waals surface area contributed by atoms with Crippen LogP contribution in [0.4, 0.5) is 0 Å². The Bertz CT molecular complexity index is 1400. The molecule has 7 nitrogen and oxygen atoms in total. The summed E-state index contributed by atoms with van der Waals surface area (Å²) >= 11 is 0. The third-order valence-electron chi connectivity index (χ3n) is 8.78. The van der Waals surface area contributed by atoms with Gasteiger partial charge in [0.1, 0.15) is 17.9 Å². The monoisotopic (exact) mass is 547 g/mol. The van der Waals surface area contributed by atoms with Gasteiger partial charge in [-0.2, -0.15) is 0 Å². The Morgan fingerprint density at radius 1 is 1.02 bits per heavy atom. The number of rotatable bonds is 9. The van der Waals surface area contributed by atoms with E-state index in [4.69, 9.17) is 18.6 Å². The van der Waals surface area contributed by atoms with E-state index in [2.05, 4.69) is 6.92 Å². The molecule has 7 heteroatoms. The summed E-state index contributed by atoms with van der Waals surface area (Å²) in [5.74, 6) is 2.95. The first kappa shape index (κ1) is 28.1. The zero-order valence-corrected chi connectivity index (χ0v) is 24.2. The maximum Gasteiger partial charge on any atom is 0.336 e. The largest absolute Gasteiger partial charge is 0.493 e. The molecule has 2 aliphatic rings. The van der Waals surface area contributed by atoms with Gasteiger partial charge in [0.2, 0.25) is 5.91 Å². The second-order valence-corrected chi connectivity index (χ2v) is 11.3. The Morgan fingerprint density at radius 2 is 1.77 bits per heavy atom. The van der Waals surface area contributed by atoms with Crippen LogP contribution in [0, 0.1) is 18.8 Å². The van der Waals surface area contributed by atoms with Crippen molar-refractivity contribution in [2.75, 3.05) is 27.4 Å². The summed E-state index contributed by atoms with van der Waals surface area (Å²) in [5.41, 5.74) is 3.13. The highest BCUT2D eigenvalue weighted by Gasteiger charge is 2.37. The van der Waals surface area contributed by atoms with E-state index in [0.717, 1.165) is 60.1 Å². The molecule has 0 saturated heterocycles. The minimum Gasteiger partial charge on any atom is -0.493 e. The molecule has 214 valence electrons. The molecule has 0 radical (unpaired) electrons. The van der Waals surface area contributed by atoms with Gasteiger partial charge in [-0.15, -0.1) is 0 Å². The number of aryl methyl sites for hydroxylation is 1. The molecule has 2 heterocycles. The first-order valence-corrected chi connectivity index (χ1v) is 14.6. The van der Waals surface area contributed by atoms with Crippen LogP contribution in [0.5, 0.6) is 17.2 Å². The van der Waals surface area contributed by atoms with Crippen molar-refractivity contribution in [3.8, 4) is 17.2 Å². The molecule has 1 aliphatic carbocycles. The normalized spacial score (nSPS) is 20.7. The molecule has 0 N–H and O–H groups in total. The molecule has 3 aromatic rings. The fraction of sp³-hybridized carbons (Fsp3) is 0.515. The van der Waals surface area contributed by atoms with Gasteiger partial charge in [-0.3, -0.25) is 4.79 Å². The molecule has 1 atom stereocenters. The van der Waals surface area contributed by atoms with Crippen molar-refractivity contribution in [2.24, 2.45) is 11.8 Å². The predicted molar refractivity (Wildman–Crippen MR) is 155 cm³/mol. The summed E-state index contributed by atoms with van der Waals surface area (Å²) < 4.78 is 22.9. The van der Waals surface area contributed by atoms with E-state index in [1.807, 2.05) is 36.1 Å². The van der Waals surface area contributed by atoms with Gasteiger partial charge in [-0.25, -0.2) is 4.79 Å². The van der Waals surface area contributed by atoms with Crippen molar-refractivity contribution in [1.82, 2.24) is 4.90 Å². The zero-order valence-electron chi connectivity index (χ0n) is 24.2. The molecule has 2 aromatic carbocycles. The van der Waals surface area contributed by atoms with E-state index in [9.17, 15) is 9.59 Å². The molecular formula is C33H41NO6. The van der Waals surface area contributed by atoms with Crippen molar-refractivity contribution >= 4 is 16.9 Å². The lowest BCUT2D eigenvalue weighted by Gasteiger charge is -2.40. The maximum atomic E-state index is 14.0. The Hall–Kier alpha value is -3.48. The predicted octanol–water partition coefficient (Wildman–Crippen LogP) is 6.62. The molecule has 1 aromatic heterocycles. The lowest BCUT2D eigenvalue weighted by atomic mass is 9.78. The van der Waals surface area contributed by atoms with Crippen LogP contribution in [0.2, 0.25) is 0 Å². The summed E-state index contributed by atoms with van der Waals surface area (Å²) in [6, 6.07) is 10.8. The molecule has 1 unspecified atom stereocenters. The van der Waals surface area contributed by atoms with Gasteiger partial charge in [0.25, 0.3) is 0 Å². The van der Waals surface area contributed by atoms with E-state index in [-0.39, 0.29) is 30.1 Å². The third-order valence-corrected chi connectivity index (χ3v) is 8.78. The van der Waals surface area contributed by atoms with E-state index >= 15 is 0 Å². The van der Waals surface area contributed by atoms with Crippen LogP contribution < -0.4 is 19.8 Å². The average molecular weight is 548 g/mol. The number of ether oxygens (including phenoxy) is 3. The van der Waals surface area contributed by atoms with Crippen LogP contribution in [0.15, 0.2) is 45.6 Å². The zero-order chi connectivity index (χ0) is 28.2. The van der Waals surface area contributed by atoms with Crippen molar-refractivity contribution in [3.63, 3.8) is 0 Å². The summed E-state index contributed by atoms with van der Waals surface area (Å²) in [6.45, 7) is 5.05. The van der Waals surface area contributed by atoms with Crippen molar-refractivity contribution < 1.29 is 23.4 Å². The summed E-state index contributed by atoms with van der Waals surface area (Å²) in [4.78, 5) is 28.0. The second-order valence-electron chi connectivity index (χ2n) is 11.3. The van der Waals surface area contributed by atoms with Crippen LogP contribution in [-0.2, 0) is 11.2 Å². The topological polar surface area (TPSA) is 78.2 Å². The van der Waals surface area contributed by atoms with Crippen LogP contribution >= 0.6 is 0 Å². The van der Waals surface area contributed by atoms with Crippen molar-refractivity contribution in [3.05, 3.63) is 63.5 Å². The number of hydrogen-bond donors (Lipinski definition) is 0. The van der Waals surface area contributed by atoms with Crippen LogP contribution in [0.1, 0.15) is 74.6 Å². The molecular weight excluding hydrogens is 506 g/mol. The molecule has 1 fully saturated rings. The lowest BCUT2D eigenvalue weighted by Crippen LogP contribution is -2.46. The number of methoxy groups -OCH3 is 2. The molecule has 0 bridgehead atoms. The van der Waals surface area contributed by atoms with E-state index < -0.39 is 0 Å². The van der Waals surface area contributed by atoms with Gasteiger partial charge in [-0.05, 0) is 85.9 Å². The fourth-order valence-corrected chi connectivity index (χ4v) is 6.47. The summed E-state index contributed by atoms with van der Waals surface area (Å²) in [5, 5.41) is 0.873. The number of nitrogens with zero attached hydrogens (tertiary/aromatic N) is 1. The number of amides is 1. The van der Waals surface area contributed by atoms with Gasteiger partial charge >= 0.3 is 5.63 Å². The number of hydrogen-bond acceptors (Lipinski definition) is 6. The highest BCUT2D eigenvalue weighted by molar-refractivity contribution is 5.81. The van der Waals surface area contributed by atoms with Gasteiger partial charge in [0.15, 0.2) is 11.5 Å². The molecule has 1 aliphatic heterocycles. The van der Waals surface area contributed by atoms with Crippen LogP contribution in [0.3, 0.4) is 0 Å². The fourth-order valence-electron chi connectivity index (χ4n) is 6.47. The summed E-state index contributed by atoms with van der Waals surface area (Å²) in [6.07, 6.45) is 8.71. The SMILES string of the molecule is CCCCC1CCC(C(=O)N2CCc3cc(OC)c(OC)cc3C2COc2ccc3c(C)cc(=O)oc3c2)CC1. The third kappa shape index (κ3) is 5.84. The van der Waals surface area contributed by atoms with Gasteiger partial charge in [-0.1, -0.05) is 26.2 Å². The molecule has 0 spiro atoms. The molecule has 1 saturated carbocycles. The highest BCUT2D eigenvalue weighted by Crippen LogP contribution is 2.41. The number of benzene rings is 2. The molecule has 5 rings (SSSR count). The smallest absolute Gasteiger partial charge is 0.336 e. The van der Waals surface area contributed by atoms with E-state index in [1.165, 1.54) is 25.3 Å². The highest BCUT2D eigenvalue weighted by atomic mass is 16.5. The van der Waals surface area contributed by atoms with Crippen LogP contribution in [0.25, 0.3) is 11.0 Å². The van der Waals surface area contributed by atoms with E-state index in [0.29, 0.717) is 29.4 Å². The van der Waals surface area contributed by atoms with Crippen molar-refractivity contribution in [2.45, 2.75) is 71.3 Å². The number of carbonyl (C=O) groups is 1. The van der Waals surface area contributed by atoms with Gasteiger partial charge in [0.05, 0.1) is 20.3 Å². The number of unbranched alkanes of at least 4 members (excludes halogenated alkanes) is 1. The lowest BCUT2D eigenvalue weighted by molar-refractivity contribution is -0.140. The number of fused-ring (bicyclic) bond motifs is 2. The maximum absolute atomic E-state index is 14.0. The first-order chi connectivity index (χ1) is 19.4. The minimum absolute atomic E-state index is 0.0555. The molecule has 40 heavy (non-hydrogen) atoms. The second kappa shape index (κ2) is 12.4. The Labute approximate surface area is 236 Å². The van der Waals surface area contributed by atoms with Crippen LogP contribution in [-0.4, -0.2) is 38.2 Å².